The van der Waals surface area contributed by atoms with Gasteiger partial charge in [-0.1, -0.05) is 0 Å². The minimum Gasteiger partial charge on any atom is -0.494 e. The highest BCUT2D eigenvalue weighted by Crippen LogP contribution is 2.28. The van der Waals surface area contributed by atoms with Crippen molar-refractivity contribution in [2.24, 2.45) is 10.9 Å². The summed E-state index contributed by atoms with van der Waals surface area (Å²) in [6, 6.07) is 13.1. The minimum atomic E-state index is -0.123. The summed E-state index contributed by atoms with van der Waals surface area (Å²) < 4.78 is 3.50. The molecule has 0 saturated heterocycles. The Hall–Kier alpha value is -4.60. The molecular weight excluding hydrogens is 432 g/mol. The predicted molar refractivity (Wildman–Crippen MR) is 126 cm³/mol. The van der Waals surface area contributed by atoms with Crippen molar-refractivity contribution in [1.82, 2.24) is 29.4 Å². The van der Waals surface area contributed by atoms with Crippen LogP contribution in [0.2, 0.25) is 0 Å². The molecule has 0 unspecified atom stereocenters. The number of aromatic amines is 1. The van der Waals surface area contributed by atoms with Gasteiger partial charge in [0.05, 0.1) is 11.9 Å². The van der Waals surface area contributed by atoms with E-state index in [0.29, 0.717) is 33.7 Å². The first kappa shape index (κ1) is 20.0. The highest BCUT2D eigenvalue weighted by atomic mass is 16.3. The maximum absolute atomic E-state index is 10.0. The van der Waals surface area contributed by atoms with Crippen LogP contribution in [0.25, 0.3) is 17.4 Å². The Morgan fingerprint density at radius 3 is 2.71 bits per heavy atom. The Bertz CT molecular complexity index is 1580. The first-order valence-electron chi connectivity index (χ1n) is 11.0. The van der Waals surface area contributed by atoms with Gasteiger partial charge in [0.1, 0.15) is 5.82 Å². The number of aromatic nitrogens is 6. The van der Waals surface area contributed by atoms with E-state index in [1.165, 1.54) is 18.9 Å². The zero-order valence-corrected chi connectivity index (χ0v) is 18.1. The average molecular weight is 454 g/mol. The lowest BCUT2D eigenvalue weighted by Gasteiger charge is -2.08. The highest BCUT2D eigenvalue weighted by Gasteiger charge is 2.20. The quantitative estimate of drug-likeness (QED) is 0.312. The molecule has 4 N–H and O–H groups in total. The molecule has 10 nitrogen and oxygen atoms in total. The van der Waals surface area contributed by atoms with Gasteiger partial charge in [-0.3, -0.25) is 9.98 Å². The van der Waals surface area contributed by atoms with Crippen LogP contribution < -0.4 is 16.0 Å². The molecule has 4 heterocycles. The summed E-state index contributed by atoms with van der Waals surface area (Å²) in [5, 5.41) is 32.4. The van der Waals surface area contributed by atoms with Crippen LogP contribution in [-0.4, -0.2) is 46.1 Å². The number of H-pyrrole nitrogens is 1. The van der Waals surface area contributed by atoms with Crippen LogP contribution in [0, 0.1) is 5.92 Å². The van der Waals surface area contributed by atoms with E-state index >= 15 is 0 Å². The van der Waals surface area contributed by atoms with Crippen LogP contribution in [0.3, 0.4) is 0 Å². The third-order valence-corrected chi connectivity index (χ3v) is 5.72. The standard InChI is InChI=1S/C24H22N8O2/c33-22-11-16(24(34)30-22)10-17-14-27-32-21(25-13-15-2-3-15)12-20(29-23(17)32)28-18-4-6-19(7-5-18)31-9-1-8-26-31/h1,4-12,14-15,28,30,33-34H,2-3,13H2. The SMILES string of the molecule is Oc1cc(C=c2cnn3c(=NCC4CC4)cc(Nc4ccc(-n5cccn5)cc4)nc23)c(O)[nH]1. The molecular formula is C24H22N8O2. The molecule has 5 aromatic rings. The Morgan fingerprint density at radius 1 is 1.15 bits per heavy atom. The number of hydrogen-bond acceptors (Lipinski definition) is 7. The lowest BCUT2D eigenvalue weighted by molar-refractivity contribution is 0.425. The van der Waals surface area contributed by atoms with Gasteiger partial charge in [-0.15, -0.1) is 0 Å². The van der Waals surface area contributed by atoms with Crippen molar-refractivity contribution in [1.29, 1.82) is 0 Å². The molecule has 6 rings (SSSR count). The van der Waals surface area contributed by atoms with E-state index < -0.39 is 0 Å². The monoisotopic (exact) mass is 454 g/mol. The van der Waals surface area contributed by atoms with Crippen LogP contribution in [0.15, 0.2) is 66.0 Å². The van der Waals surface area contributed by atoms with Gasteiger partial charge in [-0.2, -0.15) is 14.7 Å². The number of hydrogen-bond donors (Lipinski definition) is 4. The second-order valence-electron chi connectivity index (χ2n) is 8.34. The smallest absolute Gasteiger partial charge is 0.198 e. The lowest BCUT2D eigenvalue weighted by atomic mass is 10.2. The molecule has 10 heteroatoms. The molecule has 0 spiro atoms. The fraction of sp³-hybridized carbons (Fsp3) is 0.167. The van der Waals surface area contributed by atoms with Crippen LogP contribution >= 0.6 is 0 Å². The molecule has 0 radical (unpaired) electrons. The molecule has 170 valence electrons. The third kappa shape index (κ3) is 3.96. The summed E-state index contributed by atoms with van der Waals surface area (Å²) in [4.78, 5) is 12.0. The number of benzene rings is 1. The fourth-order valence-corrected chi connectivity index (χ4v) is 3.76. The Labute approximate surface area is 193 Å². The summed E-state index contributed by atoms with van der Waals surface area (Å²) in [5.41, 5.74) is 3.57. The summed E-state index contributed by atoms with van der Waals surface area (Å²) in [5.74, 6) is 1.03. The van der Waals surface area contributed by atoms with Gasteiger partial charge in [0.25, 0.3) is 0 Å². The maximum atomic E-state index is 10.0. The molecule has 0 atom stereocenters. The zero-order chi connectivity index (χ0) is 23.1. The number of fused-ring (bicyclic) bond motifs is 1. The van der Waals surface area contributed by atoms with Gasteiger partial charge in [-0.05, 0) is 55.2 Å². The van der Waals surface area contributed by atoms with Gasteiger partial charge in [0.15, 0.2) is 22.9 Å². The highest BCUT2D eigenvalue weighted by molar-refractivity contribution is 5.64. The molecule has 1 aliphatic carbocycles. The molecule has 1 saturated carbocycles. The zero-order valence-electron chi connectivity index (χ0n) is 18.1. The van der Waals surface area contributed by atoms with E-state index in [9.17, 15) is 10.2 Å². The van der Waals surface area contributed by atoms with Crippen molar-refractivity contribution in [2.45, 2.75) is 12.8 Å². The summed E-state index contributed by atoms with van der Waals surface area (Å²) in [6.45, 7) is 0.752. The first-order chi connectivity index (χ1) is 16.6. The molecule has 0 amide bonds. The Kier molecular flexibility index (Phi) is 4.76. The average Bonchev–Trinajstić information content (AvgIpc) is 3.18. The molecule has 1 fully saturated rings. The van der Waals surface area contributed by atoms with E-state index in [2.05, 4.69) is 20.5 Å². The molecule has 0 bridgehead atoms. The van der Waals surface area contributed by atoms with Gasteiger partial charge in [0.2, 0.25) is 0 Å². The summed E-state index contributed by atoms with van der Waals surface area (Å²) >= 11 is 0. The van der Waals surface area contributed by atoms with Gasteiger partial charge >= 0.3 is 0 Å². The number of nitrogens with one attached hydrogen (secondary N) is 2. The summed E-state index contributed by atoms with van der Waals surface area (Å²) in [7, 11) is 0. The normalized spacial score (nSPS) is 14.8. The van der Waals surface area contributed by atoms with Gasteiger partial charge < -0.3 is 15.5 Å². The van der Waals surface area contributed by atoms with E-state index in [0.717, 1.165) is 17.9 Å². The fourth-order valence-electron chi connectivity index (χ4n) is 3.76. The molecule has 1 aliphatic rings. The Balaban J connectivity index is 1.41. The van der Waals surface area contributed by atoms with Gasteiger partial charge in [-0.25, -0.2) is 9.67 Å². The van der Waals surface area contributed by atoms with Crippen LogP contribution in [0.5, 0.6) is 11.8 Å². The second-order valence-corrected chi connectivity index (χ2v) is 8.34. The Morgan fingerprint density at radius 2 is 2.00 bits per heavy atom. The van der Waals surface area contributed by atoms with Crippen molar-refractivity contribution in [2.75, 3.05) is 11.9 Å². The largest absolute Gasteiger partial charge is 0.494 e. The van der Waals surface area contributed by atoms with Crippen LogP contribution in [-0.2, 0) is 0 Å². The number of rotatable bonds is 6. The minimum absolute atomic E-state index is 0.116. The van der Waals surface area contributed by atoms with Crippen molar-refractivity contribution < 1.29 is 10.2 Å². The molecule has 0 aliphatic heterocycles. The van der Waals surface area contributed by atoms with E-state index in [-0.39, 0.29) is 11.8 Å². The number of aromatic hydroxyl groups is 2. The van der Waals surface area contributed by atoms with E-state index in [1.54, 1.807) is 27.7 Å². The van der Waals surface area contributed by atoms with Gasteiger partial charge in [0, 0.05) is 47.5 Å². The van der Waals surface area contributed by atoms with Crippen LogP contribution in [0.1, 0.15) is 18.4 Å². The topological polar surface area (TPSA) is 129 Å². The second kappa shape index (κ2) is 8.07. The summed E-state index contributed by atoms with van der Waals surface area (Å²) in [6.07, 6.45) is 9.44. The number of nitrogens with zero attached hydrogens (tertiary/aromatic N) is 6. The maximum Gasteiger partial charge on any atom is 0.198 e. The first-order valence-corrected chi connectivity index (χ1v) is 11.0. The van der Waals surface area contributed by atoms with E-state index in [1.807, 2.05) is 42.6 Å². The lowest BCUT2D eigenvalue weighted by Crippen LogP contribution is -2.19. The molecule has 4 aromatic heterocycles. The van der Waals surface area contributed by atoms with E-state index in [4.69, 9.17) is 9.98 Å². The van der Waals surface area contributed by atoms with Crippen molar-refractivity contribution >= 4 is 23.2 Å². The van der Waals surface area contributed by atoms with Crippen molar-refractivity contribution in [3.8, 4) is 17.4 Å². The van der Waals surface area contributed by atoms with Crippen molar-refractivity contribution in [3.05, 3.63) is 77.3 Å². The molecule has 1 aromatic carbocycles. The predicted octanol–water partition coefficient (Wildman–Crippen LogP) is 2.26. The van der Waals surface area contributed by atoms with Crippen molar-refractivity contribution in [3.63, 3.8) is 0 Å². The molecule has 34 heavy (non-hydrogen) atoms. The third-order valence-electron chi connectivity index (χ3n) is 5.72. The number of anilines is 2. The van der Waals surface area contributed by atoms with Crippen LogP contribution in [0.4, 0.5) is 11.5 Å².